The zero-order valence-corrected chi connectivity index (χ0v) is 17.3. The molecular weight excluding hydrogens is 328 g/mol. The van der Waals surface area contributed by atoms with Crippen molar-refractivity contribution in [3.8, 4) is 0 Å². The molecule has 0 bridgehead atoms. The van der Waals surface area contributed by atoms with Crippen LogP contribution in [0, 0.1) is 27.7 Å². The highest BCUT2D eigenvalue weighted by Gasteiger charge is 2.29. The molecule has 0 saturated heterocycles. The van der Waals surface area contributed by atoms with Crippen LogP contribution in [0.15, 0.2) is 48.0 Å². The number of hydrogen-bond donors (Lipinski definition) is 0. The monoisotopic (exact) mass is 358 g/mol. The molecule has 0 atom stereocenters. The predicted molar refractivity (Wildman–Crippen MR) is 114 cm³/mol. The Morgan fingerprint density at radius 1 is 0.741 bits per heavy atom. The third-order valence-corrected chi connectivity index (χ3v) is 5.12. The van der Waals surface area contributed by atoms with Crippen molar-refractivity contribution in [1.29, 1.82) is 0 Å². The minimum Gasteiger partial charge on any atom is -0.493 e. The molecule has 0 unspecified atom stereocenters. The zero-order valence-electron chi connectivity index (χ0n) is 17.3. The summed E-state index contributed by atoms with van der Waals surface area (Å²) in [4.78, 5) is 0. The van der Waals surface area contributed by atoms with Crippen molar-refractivity contribution >= 4 is 11.4 Å². The van der Waals surface area contributed by atoms with Crippen LogP contribution in [0.4, 0.5) is 0 Å². The van der Waals surface area contributed by atoms with Gasteiger partial charge in [-0.15, -0.1) is 0 Å². The largest absolute Gasteiger partial charge is 0.493 e. The van der Waals surface area contributed by atoms with Crippen LogP contribution < -0.4 is 0 Å². The van der Waals surface area contributed by atoms with E-state index in [9.17, 15) is 5.53 Å². The first-order valence-electron chi connectivity index (χ1n) is 10.00. The molecule has 2 aromatic rings. The second-order valence-corrected chi connectivity index (χ2v) is 7.93. The maximum atomic E-state index is 11.2. The van der Waals surface area contributed by atoms with Gasteiger partial charge in [0, 0.05) is 22.8 Å². The molecule has 2 nitrogen and oxygen atoms in total. The smallest absolute Gasteiger partial charge is 0.210 e. The number of aryl methyl sites for hydroxylation is 4. The summed E-state index contributed by atoms with van der Waals surface area (Å²) in [6.07, 6.45) is 6.72. The van der Waals surface area contributed by atoms with Crippen molar-refractivity contribution in [3.63, 3.8) is 0 Å². The molecule has 0 fully saturated rings. The van der Waals surface area contributed by atoms with Gasteiger partial charge in [0.25, 0.3) is 0 Å². The summed E-state index contributed by atoms with van der Waals surface area (Å²) < 4.78 is 1.41. The third-order valence-electron chi connectivity index (χ3n) is 5.12. The van der Waals surface area contributed by atoms with Crippen LogP contribution in [0.3, 0.4) is 0 Å². The molecule has 0 aromatic heterocycles. The fraction of sp³-hybridized carbons (Fsp3) is 0.360. The average molecular weight is 359 g/mol. The molecule has 1 aliphatic rings. The molecule has 3 rings (SSSR count). The Morgan fingerprint density at radius 2 is 1.26 bits per heavy atom. The van der Waals surface area contributed by atoms with E-state index in [0.29, 0.717) is 0 Å². The molecule has 2 aromatic carbocycles. The van der Waals surface area contributed by atoms with Crippen LogP contribution >= 0.6 is 0 Å². The second-order valence-electron chi connectivity index (χ2n) is 7.93. The first-order valence-corrected chi connectivity index (χ1v) is 10.00. The van der Waals surface area contributed by atoms with E-state index in [1.54, 1.807) is 0 Å². The number of benzene rings is 2. The van der Waals surface area contributed by atoms with Gasteiger partial charge in [0.15, 0.2) is 0 Å². The minimum absolute atomic E-state index is 0.877. The van der Waals surface area contributed by atoms with Crippen molar-refractivity contribution in [2.45, 2.75) is 60.3 Å². The van der Waals surface area contributed by atoms with E-state index in [-0.39, 0.29) is 0 Å². The summed E-state index contributed by atoms with van der Waals surface area (Å²) in [7, 11) is 0. The third kappa shape index (κ3) is 4.27. The number of hydrogen-bond acceptors (Lipinski definition) is 0. The van der Waals surface area contributed by atoms with Gasteiger partial charge in [-0.1, -0.05) is 54.2 Å². The molecule has 0 saturated carbocycles. The van der Waals surface area contributed by atoms with E-state index in [2.05, 4.69) is 77.1 Å². The average Bonchev–Trinajstić information content (AvgIpc) is 2.90. The minimum atomic E-state index is 0.877. The molecule has 0 aliphatic carbocycles. The van der Waals surface area contributed by atoms with Gasteiger partial charge in [0.05, 0.1) is 0 Å². The molecule has 0 amide bonds. The van der Waals surface area contributed by atoms with E-state index in [1.807, 2.05) is 0 Å². The summed E-state index contributed by atoms with van der Waals surface area (Å²) >= 11 is 0. The number of rotatable bonds is 6. The second kappa shape index (κ2) is 8.04. The number of allylic oxidation sites excluding steroid dienone is 2. The molecule has 0 radical (unpaired) electrons. The van der Waals surface area contributed by atoms with Crippen molar-refractivity contribution in [3.05, 3.63) is 87.0 Å². The highest BCUT2D eigenvalue weighted by atomic mass is 15.2. The van der Waals surface area contributed by atoms with Crippen LogP contribution in [0.5, 0.6) is 0 Å². The lowest BCUT2D eigenvalue weighted by atomic mass is 9.99. The lowest BCUT2D eigenvalue weighted by Crippen LogP contribution is -2.03. The Kier molecular flexibility index (Phi) is 5.74. The molecule has 27 heavy (non-hydrogen) atoms. The van der Waals surface area contributed by atoms with Gasteiger partial charge in [-0.3, -0.25) is 0 Å². The lowest BCUT2D eigenvalue weighted by molar-refractivity contribution is -0.344. The van der Waals surface area contributed by atoms with Crippen molar-refractivity contribution in [1.82, 2.24) is 0 Å². The molecule has 140 valence electrons. The first kappa shape index (κ1) is 19.3. The molecule has 1 aliphatic heterocycles. The Hall–Kier alpha value is -2.48. The molecule has 0 spiro atoms. The van der Waals surface area contributed by atoms with Crippen molar-refractivity contribution in [2.75, 3.05) is 0 Å². The van der Waals surface area contributed by atoms with Crippen LogP contribution in [0.25, 0.3) is 16.9 Å². The fourth-order valence-electron chi connectivity index (χ4n) is 4.05. The van der Waals surface area contributed by atoms with Crippen LogP contribution in [-0.4, -0.2) is 4.70 Å². The summed E-state index contributed by atoms with van der Waals surface area (Å²) in [5, 5.41) is 0. The van der Waals surface area contributed by atoms with Crippen molar-refractivity contribution in [2.24, 2.45) is 0 Å². The molecular formula is C25H30N2. The number of unbranched alkanes of at least 4 members (excludes halogenated alkanes) is 2. The first-order chi connectivity index (χ1) is 12.9. The Morgan fingerprint density at radius 3 is 1.78 bits per heavy atom. The van der Waals surface area contributed by atoms with E-state index in [1.165, 1.54) is 45.4 Å². The topological polar surface area (TPSA) is 25.3 Å². The Labute approximate surface area is 163 Å². The maximum Gasteiger partial charge on any atom is 0.210 e. The van der Waals surface area contributed by atoms with Gasteiger partial charge in [0.2, 0.25) is 11.4 Å². The fourth-order valence-corrected chi connectivity index (χ4v) is 4.05. The predicted octanol–water partition coefficient (Wildman–Crippen LogP) is 7.30. The quantitative estimate of drug-likeness (QED) is 0.382. The van der Waals surface area contributed by atoms with E-state index >= 15 is 0 Å². The van der Waals surface area contributed by atoms with Crippen LogP contribution in [-0.2, 0) is 0 Å². The summed E-state index contributed by atoms with van der Waals surface area (Å²) in [5.74, 6) is 0. The van der Waals surface area contributed by atoms with Crippen LogP contribution in [0.1, 0.15) is 66.0 Å². The van der Waals surface area contributed by atoms with Crippen LogP contribution in [0.2, 0.25) is 0 Å². The van der Waals surface area contributed by atoms with E-state index in [4.69, 9.17) is 0 Å². The van der Waals surface area contributed by atoms with Gasteiger partial charge in [-0.05, 0) is 64.8 Å². The number of nitrogens with zero attached hydrogens (tertiary/aromatic N) is 2. The Balaban J connectivity index is 2.06. The molecule has 0 N–H and O–H groups in total. The van der Waals surface area contributed by atoms with Gasteiger partial charge < -0.3 is 5.53 Å². The lowest BCUT2D eigenvalue weighted by Gasteiger charge is -2.12. The standard InChI is InChI=1S/C25H30N2/c1-6-7-8-9-21-16-24(22-12-17(2)10-18(3)13-22)27(26)25(21)23-14-19(4)11-20(5)15-23/h10-16H,6-9H2,1-5H3. The Bertz CT molecular complexity index is 904. The SMILES string of the molecule is CCCCCC1=C(c2cc(C)cc(C)c2)[N+](=[N-])C(c2cc(C)cc(C)c2)=C1. The molecule has 2 heteroatoms. The maximum absolute atomic E-state index is 11.2. The van der Waals surface area contributed by atoms with Gasteiger partial charge in [0.1, 0.15) is 0 Å². The highest BCUT2D eigenvalue weighted by Crippen LogP contribution is 2.38. The molecule has 1 heterocycles. The van der Waals surface area contributed by atoms with E-state index in [0.717, 1.165) is 35.4 Å². The summed E-state index contributed by atoms with van der Waals surface area (Å²) in [6, 6.07) is 13.0. The summed E-state index contributed by atoms with van der Waals surface area (Å²) in [5.41, 5.74) is 21.2. The zero-order chi connectivity index (χ0) is 19.6. The highest BCUT2D eigenvalue weighted by molar-refractivity contribution is 5.79. The van der Waals surface area contributed by atoms with Gasteiger partial charge in [-0.2, -0.15) is 0 Å². The van der Waals surface area contributed by atoms with Gasteiger partial charge >= 0.3 is 0 Å². The summed E-state index contributed by atoms with van der Waals surface area (Å²) in [6.45, 7) is 10.7. The van der Waals surface area contributed by atoms with E-state index < -0.39 is 0 Å². The van der Waals surface area contributed by atoms with Crippen molar-refractivity contribution < 1.29 is 4.70 Å². The van der Waals surface area contributed by atoms with Gasteiger partial charge in [-0.25, -0.2) is 4.70 Å². The normalized spacial score (nSPS) is 14.1.